The molecule has 0 bridgehead atoms. The molecule has 88 valence electrons. The molecule has 1 N–H and O–H groups in total. The van der Waals surface area contributed by atoms with Crippen LogP contribution in [0.5, 0.6) is 0 Å². The molecule has 2 aliphatic rings. The maximum atomic E-state index is 5.20. The summed E-state index contributed by atoms with van der Waals surface area (Å²) >= 11 is 2.21. The van der Waals surface area contributed by atoms with Gasteiger partial charge in [0.15, 0.2) is 0 Å². The number of nitrogens with one attached hydrogen (secondary N) is 1. The van der Waals surface area contributed by atoms with E-state index in [1.165, 1.54) is 44.4 Å². The molecule has 2 fully saturated rings. The number of rotatable bonds is 4. The van der Waals surface area contributed by atoms with Crippen molar-refractivity contribution in [3.8, 4) is 0 Å². The van der Waals surface area contributed by atoms with Gasteiger partial charge in [-0.1, -0.05) is 6.42 Å². The predicted octanol–water partition coefficient (Wildman–Crippen LogP) is 2.29. The minimum atomic E-state index is 0.619. The monoisotopic (exact) mass is 229 g/mol. The van der Waals surface area contributed by atoms with Crippen LogP contribution in [0.25, 0.3) is 0 Å². The first-order chi connectivity index (χ1) is 7.38. The lowest BCUT2D eigenvalue weighted by atomic mass is 9.97. The van der Waals surface area contributed by atoms with Crippen molar-refractivity contribution in [1.29, 1.82) is 0 Å². The van der Waals surface area contributed by atoms with Crippen molar-refractivity contribution in [3.05, 3.63) is 0 Å². The fourth-order valence-corrected chi connectivity index (χ4v) is 4.22. The minimum Gasteiger partial charge on any atom is -0.383 e. The standard InChI is InChI=1S/C12H23NOS/c1-14-9-11-6-10(8-13-11)7-12-4-2-3-5-15-12/h10-13H,2-9H2,1H3. The Balaban J connectivity index is 1.67. The third-order valence-corrected chi connectivity index (χ3v) is 4.98. The second kappa shape index (κ2) is 6.12. The zero-order chi connectivity index (χ0) is 10.5. The first kappa shape index (κ1) is 11.7. The molecule has 0 radical (unpaired) electrons. The first-order valence-electron chi connectivity index (χ1n) is 6.22. The van der Waals surface area contributed by atoms with Crippen LogP contribution in [0, 0.1) is 5.92 Å². The molecule has 3 heteroatoms. The average molecular weight is 229 g/mol. The summed E-state index contributed by atoms with van der Waals surface area (Å²) < 4.78 is 5.20. The summed E-state index contributed by atoms with van der Waals surface area (Å²) in [6, 6.07) is 0.619. The molecule has 0 aliphatic carbocycles. The fourth-order valence-electron chi connectivity index (χ4n) is 2.78. The highest BCUT2D eigenvalue weighted by molar-refractivity contribution is 7.99. The van der Waals surface area contributed by atoms with Gasteiger partial charge in [0.05, 0.1) is 6.61 Å². The van der Waals surface area contributed by atoms with E-state index in [1.54, 1.807) is 7.11 Å². The van der Waals surface area contributed by atoms with Gasteiger partial charge in [-0.25, -0.2) is 0 Å². The van der Waals surface area contributed by atoms with E-state index >= 15 is 0 Å². The van der Waals surface area contributed by atoms with Crippen molar-refractivity contribution in [1.82, 2.24) is 5.32 Å². The highest BCUT2D eigenvalue weighted by atomic mass is 32.2. The SMILES string of the molecule is COCC1CC(CC2CCCCS2)CN1. The Morgan fingerprint density at radius 3 is 3.07 bits per heavy atom. The van der Waals surface area contributed by atoms with Crippen molar-refractivity contribution in [2.24, 2.45) is 5.92 Å². The normalized spacial score (nSPS) is 37.0. The van der Waals surface area contributed by atoms with Gasteiger partial charge in [-0.3, -0.25) is 0 Å². The Labute approximate surface area is 97.5 Å². The van der Waals surface area contributed by atoms with Gasteiger partial charge in [0.25, 0.3) is 0 Å². The van der Waals surface area contributed by atoms with E-state index in [0.29, 0.717) is 6.04 Å². The fraction of sp³-hybridized carbons (Fsp3) is 1.00. The van der Waals surface area contributed by atoms with Crippen LogP contribution in [0.4, 0.5) is 0 Å². The zero-order valence-corrected chi connectivity index (χ0v) is 10.5. The van der Waals surface area contributed by atoms with Crippen LogP contribution in [0.1, 0.15) is 32.1 Å². The maximum Gasteiger partial charge on any atom is 0.0615 e. The van der Waals surface area contributed by atoms with Gasteiger partial charge in [-0.2, -0.15) is 11.8 Å². The molecule has 0 aromatic rings. The Kier molecular flexibility index (Phi) is 4.79. The Morgan fingerprint density at radius 2 is 2.33 bits per heavy atom. The third kappa shape index (κ3) is 3.65. The van der Waals surface area contributed by atoms with Crippen molar-refractivity contribution < 1.29 is 4.74 Å². The molecule has 0 aromatic carbocycles. The van der Waals surface area contributed by atoms with E-state index in [1.807, 2.05) is 0 Å². The summed E-state index contributed by atoms with van der Waals surface area (Å²) in [6.45, 7) is 2.10. The van der Waals surface area contributed by atoms with Crippen LogP contribution < -0.4 is 5.32 Å². The van der Waals surface area contributed by atoms with Crippen LogP contribution >= 0.6 is 11.8 Å². The molecule has 2 aliphatic heterocycles. The molecule has 15 heavy (non-hydrogen) atoms. The maximum absolute atomic E-state index is 5.20. The van der Waals surface area contributed by atoms with Gasteiger partial charge in [-0.05, 0) is 43.9 Å². The number of ether oxygens (including phenoxy) is 1. The highest BCUT2D eigenvalue weighted by Gasteiger charge is 2.27. The van der Waals surface area contributed by atoms with E-state index in [0.717, 1.165) is 17.8 Å². The molecule has 3 unspecified atom stereocenters. The molecule has 0 spiro atoms. The topological polar surface area (TPSA) is 21.3 Å². The smallest absolute Gasteiger partial charge is 0.0615 e. The van der Waals surface area contributed by atoms with Crippen LogP contribution in [0.15, 0.2) is 0 Å². The Bertz CT molecular complexity index is 182. The van der Waals surface area contributed by atoms with E-state index in [9.17, 15) is 0 Å². The quantitative estimate of drug-likeness (QED) is 0.799. The minimum absolute atomic E-state index is 0.619. The number of thioether (sulfide) groups is 1. The lowest BCUT2D eigenvalue weighted by Crippen LogP contribution is -2.25. The second-order valence-electron chi connectivity index (χ2n) is 4.89. The van der Waals surface area contributed by atoms with Gasteiger partial charge in [0, 0.05) is 18.4 Å². The van der Waals surface area contributed by atoms with Gasteiger partial charge >= 0.3 is 0 Å². The molecule has 0 amide bonds. The van der Waals surface area contributed by atoms with E-state index in [-0.39, 0.29) is 0 Å². The summed E-state index contributed by atoms with van der Waals surface area (Å²) in [5.74, 6) is 2.30. The second-order valence-corrected chi connectivity index (χ2v) is 6.29. The molecule has 2 nitrogen and oxygen atoms in total. The lowest BCUT2D eigenvalue weighted by molar-refractivity contribution is 0.172. The van der Waals surface area contributed by atoms with E-state index in [2.05, 4.69) is 17.1 Å². The molecular formula is C12H23NOS. The summed E-state index contributed by atoms with van der Waals surface area (Å²) in [5.41, 5.74) is 0. The number of hydrogen-bond donors (Lipinski definition) is 1. The summed E-state index contributed by atoms with van der Waals surface area (Å²) in [7, 11) is 1.80. The van der Waals surface area contributed by atoms with Gasteiger partial charge in [-0.15, -0.1) is 0 Å². The highest BCUT2D eigenvalue weighted by Crippen LogP contribution is 2.32. The molecule has 2 heterocycles. The van der Waals surface area contributed by atoms with Crippen molar-refractivity contribution in [3.63, 3.8) is 0 Å². The van der Waals surface area contributed by atoms with Crippen molar-refractivity contribution in [2.75, 3.05) is 26.0 Å². The third-order valence-electron chi connectivity index (χ3n) is 3.55. The molecule has 0 aromatic heterocycles. The molecule has 2 rings (SSSR count). The van der Waals surface area contributed by atoms with Crippen molar-refractivity contribution in [2.45, 2.75) is 43.4 Å². The van der Waals surface area contributed by atoms with E-state index < -0.39 is 0 Å². The summed E-state index contributed by atoms with van der Waals surface area (Å²) in [4.78, 5) is 0. The Morgan fingerprint density at radius 1 is 1.40 bits per heavy atom. The van der Waals surface area contributed by atoms with Gasteiger partial charge < -0.3 is 10.1 Å². The lowest BCUT2D eigenvalue weighted by Gasteiger charge is -2.23. The molecular weight excluding hydrogens is 206 g/mol. The van der Waals surface area contributed by atoms with Gasteiger partial charge in [0.1, 0.15) is 0 Å². The zero-order valence-electron chi connectivity index (χ0n) is 9.71. The van der Waals surface area contributed by atoms with Crippen LogP contribution in [-0.4, -0.2) is 37.3 Å². The number of methoxy groups -OCH3 is 1. The first-order valence-corrected chi connectivity index (χ1v) is 7.27. The summed E-state index contributed by atoms with van der Waals surface area (Å²) in [6.07, 6.45) is 7.11. The van der Waals surface area contributed by atoms with Crippen molar-refractivity contribution >= 4 is 11.8 Å². The average Bonchev–Trinajstić information content (AvgIpc) is 2.68. The molecule has 3 atom stereocenters. The summed E-state index contributed by atoms with van der Waals surface area (Å²) in [5, 5.41) is 4.51. The predicted molar refractivity (Wildman–Crippen MR) is 66.5 cm³/mol. The largest absolute Gasteiger partial charge is 0.383 e. The molecule has 0 saturated carbocycles. The number of hydrogen-bond acceptors (Lipinski definition) is 3. The van der Waals surface area contributed by atoms with Crippen LogP contribution in [0.3, 0.4) is 0 Å². The van der Waals surface area contributed by atoms with E-state index in [4.69, 9.17) is 4.74 Å². The van der Waals surface area contributed by atoms with Crippen LogP contribution in [0.2, 0.25) is 0 Å². The van der Waals surface area contributed by atoms with Gasteiger partial charge in [0.2, 0.25) is 0 Å². The Hall–Kier alpha value is 0.270. The van der Waals surface area contributed by atoms with Crippen LogP contribution in [-0.2, 0) is 4.74 Å². The molecule has 2 saturated heterocycles.